The summed E-state index contributed by atoms with van der Waals surface area (Å²) in [6, 6.07) is 7.87. The molecule has 0 saturated heterocycles. The number of aryl methyl sites for hydroxylation is 1. The summed E-state index contributed by atoms with van der Waals surface area (Å²) >= 11 is 0. The van der Waals surface area contributed by atoms with Crippen molar-refractivity contribution >= 4 is 23.5 Å². The van der Waals surface area contributed by atoms with Gasteiger partial charge in [0.15, 0.2) is 24.8 Å². The van der Waals surface area contributed by atoms with Crippen molar-refractivity contribution in [2.24, 2.45) is 0 Å². The number of ketones is 1. The number of anilines is 1. The molecule has 0 radical (unpaired) electrons. The van der Waals surface area contributed by atoms with Gasteiger partial charge in [0.05, 0.1) is 0 Å². The molecule has 0 saturated carbocycles. The fraction of sp³-hybridized carbons (Fsp3) is 0.250. The number of benzene rings is 1. The quantitative estimate of drug-likeness (QED) is 0.608. The largest absolute Gasteiger partial charge is 0.482 e. The maximum Gasteiger partial charge on any atom is 0.344 e. The highest BCUT2D eigenvalue weighted by Gasteiger charge is 2.10. The van der Waals surface area contributed by atoms with Gasteiger partial charge in [-0.15, -0.1) is 0 Å². The van der Waals surface area contributed by atoms with Gasteiger partial charge >= 0.3 is 5.97 Å². The minimum atomic E-state index is -0.697. The Kier molecular flexibility index (Phi) is 5.67. The zero-order chi connectivity index (χ0) is 17.5. The Morgan fingerprint density at radius 2 is 1.88 bits per heavy atom. The third-order valence-electron chi connectivity index (χ3n) is 2.88. The number of carbonyl (C=O) groups excluding carboxylic acids is 3. The summed E-state index contributed by atoms with van der Waals surface area (Å²) in [7, 11) is 0. The van der Waals surface area contributed by atoms with Crippen LogP contribution in [0.1, 0.15) is 23.0 Å². The van der Waals surface area contributed by atoms with E-state index in [2.05, 4.69) is 10.5 Å². The van der Waals surface area contributed by atoms with Gasteiger partial charge < -0.3 is 19.3 Å². The molecule has 2 rings (SSSR count). The lowest BCUT2D eigenvalue weighted by atomic mass is 10.1. The molecule has 0 fully saturated rings. The smallest absolute Gasteiger partial charge is 0.344 e. The number of hydrogen-bond donors (Lipinski definition) is 1. The zero-order valence-electron chi connectivity index (χ0n) is 13.2. The fourth-order valence-electron chi connectivity index (χ4n) is 1.72. The summed E-state index contributed by atoms with van der Waals surface area (Å²) in [5, 5.41) is 6.00. The molecule has 0 aliphatic heterocycles. The van der Waals surface area contributed by atoms with Crippen molar-refractivity contribution in [2.45, 2.75) is 13.8 Å². The van der Waals surface area contributed by atoms with E-state index in [4.69, 9.17) is 14.0 Å². The van der Waals surface area contributed by atoms with Crippen LogP contribution in [0.25, 0.3) is 0 Å². The average Bonchev–Trinajstić information content (AvgIpc) is 2.96. The molecular formula is C16H16N2O6. The molecule has 0 aliphatic carbocycles. The molecule has 0 aliphatic rings. The average molecular weight is 332 g/mol. The maximum absolute atomic E-state index is 11.6. The van der Waals surface area contributed by atoms with Gasteiger partial charge in [-0.25, -0.2) is 4.79 Å². The number of amides is 1. The van der Waals surface area contributed by atoms with Gasteiger partial charge in [-0.2, -0.15) is 0 Å². The van der Waals surface area contributed by atoms with Crippen LogP contribution in [0.3, 0.4) is 0 Å². The second-order valence-corrected chi connectivity index (χ2v) is 4.90. The molecule has 0 atom stereocenters. The van der Waals surface area contributed by atoms with Gasteiger partial charge in [0, 0.05) is 11.6 Å². The second-order valence-electron chi connectivity index (χ2n) is 4.90. The summed E-state index contributed by atoms with van der Waals surface area (Å²) in [5.74, 6) is -0.0878. The monoisotopic (exact) mass is 332 g/mol. The Bertz CT molecular complexity index is 735. The first-order valence-corrected chi connectivity index (χ1v) is 7.06. The first-order valence-electron chi connectivity index (χ1n) is 7.06. The number of nitrogens with one attached hydrogen (secondary N) is 1. The third-order valence-corrected chi connectivity index (χ3v) is 2.88. The number of carbonyl (C=O) groups is 3. The number of aromatic nitrogens is 1. The van der Waals surface area contributed by atoms with Crippen LogP contribution in [-0.4, -0.2) is 36.0 Å². The SMILES string of the molecule is CC(=O)c1ccc(OCC(=O)OCC(=O)Nc2cc(C)on2)cc1. The number of nitrogens with zero attached hydrogens (tertiary/aromatic N) is 1. The Labute approximate surface area is 137 Å². The molecule has 1 N–H and O–H groups in total. The van der Waals surface area contributed by atoms with Crippen LogP contribution in [0.5, 0.6) is 5.75 Å². The van der Waals surface area contributed by atoms with Crippen LogP contribution in [0, 0.1) is 6.92 Å². The molecule has 1 aromatic carbocycles. The molecule has 24 heavy (non-hydrogen) atoms. The van der Waals surface area contributed by atoms with E-state index in [0.29, 0.717) is 17.1 Å². The van der Waals surface area contributed by atoms with E-state index in [1.54, 1.807) is 31.2 Å². The van der Waals surface area contributed by atoms with Crippen molar-refractivity contribution in [2.75, 3.05) is 18.5 Å². The first kappa shape index (κ1) is 17.2. The molecule has 0 spiro atoms. The highest BCUT2D eigenvalue weighted by atomic mass is 16.6. The maximum atomic E-state index is 11.6. The summed E-state index contributed by atoms with van der Waals surface area (Å²) in [4.78, 5) is 34.2. The molecule has 8 nitrogen and oxygen atoms in total. The van der Waals surface area contributed by atoms with Gasteiger partial charge in [-0.3, -0.25) is 9.59 Å². The summed E-state index contributed by atoms with van der Waals surface area (Å²) in [5.41, 5.74) is 0.546. The van der Waals surface area contributed by atoms with Crippen molar-refractivity contribution in [3.63, 3.8) is 0 Å². The highest BCUT2D eigenvalue weighted by Crippen LogP contribution is 2.12. The van der Waals surface area contributed by atoms with Crippen LogP contribution in [0.15, 0.2) is 34.9 Å². The van der Waals surface area contributed by atoms with Gasteiger partial charge in [0.2, 0.25) is 0 Å². The van der Waals surface area contributed by atoms with E-state index in [0.717, 1.165) is 0 Å². The topological polar surface area (TPSA) is 108 Å². The van der Waals surface area contributed by atoms with Crippen molar-refractivity contribution in [1.82, 2.24) is 5.16 Å². The lowest BCUT2D eigenvalue weighted by Crippen LogP contribution is -2.23. The summed E-state index contributed by atoms with van der Waals surface area (Å²) in [6.45, 7) is 2.33. The Balaban J connectivity index is 1.71. The second kappa shape index (κ2) is 7.91. The van der Waals surface area contributed by atoms with E-state index in [-0.39, 0.29) is 18.2 Å². The van der Waals surface area contributed by atoms with E-state index in [9.17, 15) is 14.4 Å². The molecule has 2 aromatic rings. The minimum absolute atomic E-state index is 0.0609. The van der Waals surface area contributed by atoms with Gasteiger partial charge in [-0.05, 0) is 38.1 Å². The summed E-state index contributed by atoms with van der Waals surface area (Å²) < 4.78 is 14.8. The predicted molar refractivity (Wildman–Crippen MR) is 82.8 cm³/mol. The molecule has 1 heterocycles. The normalized spacial score (nSPS) is 10.1. The summed E-state index contributed by atoms with van der Waals surface area (Å²) in [6.07, 6.45) is 0. The lowest BCUT2D eigenvalue weighted by Gasteiger charge is -2.07. The molecule has 1 amide bonds. The van der Waals surface area contributed by atoms with E-state index in [1.807, 2.05) is 0 Å². The van der Waals surface area contributed by atoms with Crippen LogP contribution in [0.4, 0.5) is 5.82 Å². The van der Waals surface area contributed by atoms with Crippen molar-refractivity contribution < 1.29 is 28.4 Å². The van der Waals surface area contributed by atoms with Crippen molar-refractivity contribution in [3.8, 4) is 5.75 Å². The zero-order valence-corrected chi connectivity index (χ0v) is 13.2. The number of Topliss-reactive ketones (excluding diaryl/α,β-unsaturated/α-hetero) is 1. The van der Waals surface area contributed by atoms with Crippen LogP contribution in [0.2, 0.25) is 0 Å². The highest BCUT2D eigenvalue weighted by molar-refractivity contribution is 5.94. The molecule has 0 bridgehead atoms. The fourth-order valence-corrected chi connectivity index (χ4v) is 1.72. The van der Waals surface area contributed by atoms with Gasteiger partial charge in [0.25, 0.3) is 5.91 Å². The van der Waals surface area contributed by atoms with Crippen molar-refractivity contribution in [1.29, 1.82) is 0 Å². The van der Waals surface area contributed by atoms with Crippen LogP contribution in [-0.2, 0) is 14.3 Å². The standard InChI is InChI=1S/C16H16N2O6/c1-10-7-14(18-24-10)17-15(20)8-23-16(21)9-22-13-5-3-12(4-6-13)11(2)19/h3-7H,8-9H2,1-2H3,(H,17,18,20). The number of rotatable bonds is 7. The van der Waals surface area contributed by atoms with Gasteiger partial charge in [-0.1, -0.05) is 5.16 Å². The predicted octanol–water partition coefficient (Wildman–Crippen LogP) is 1.75. The molecule has 126 valence electrons. The minimum Gasteiger partial charge on any atom is -0.482 e. The van der Waals surface area contributed by atoms with E-state index in [1.165, 1.54) is 13.0 Å². The molecular weight excluding hydrogens is 316 g/mol. The lowest BCUT2D eigenvalue weighted by molar-refractivity contribution is -0.149. The number of ether oxygens (including phenoxy) is 2. The van der Waals surface area contributed by atoms with Crippen LogP contribution >= 0.6 is 0 Å². The molecule has 8 heteroatoms. The third kappa shape index (κ3) is 5.24. The van der Waals surface area contributed by atoms with E-state index < -0.39 is 18.5 Å². The van der Waals surface area contributed by atoms with E-state index >= 15 is 0 Å². The number of hydrogen-bond acceptors (Lipinski definition) is 7. The Morgan fingerprint density at radius 1 is 1.17 bits per heavy atom. The van der Waals surface area contributed by atoms with Crippen molar-refractivity contribution in [3.05, 3.63) is 41.7 Å². The molecule has 0 unspecified atom stereocenters. The number of esters is 1. The van der Waals surface area contributed by atoms with Gasteiger partial charge in [0.1, 0.15) is 11.5 Å². The van der Waals surface area contributed by atoms with Crippen LogP contribution < -0.4 is 10.1 Å². The Morgan fingerprint density at radius 3 is 2.46 bits per heavy atom. The molecule has 1 aromatic heterocycles. The Hall–Kier alpha value is -3.16. The first-order chi connectivity index (χ1) is 11.4.